The molecule has 1 unspecified atom stereocenters. The fourth-order valence-electron chi connectivity index (χ4n) is 5.05. The van der Waals surface area contributed by atoms with Crippen molar-refractivity contribution in [1.82, 2.24) is 5.32 Å². The number of carbonyl (C=O) groups excluding carboxylic acids is 1. The molecule has 3 aromatic rings. The highest BCUT2D eigenvalue weighted by Gasteiger charge is 2.45. The second kappa shape index (κ2) is 8.20. The van der Waals surface area contributed by atoms with Gasteiger partial charge in [0.05, 0.1) is 22.5 Å². The van der Waals surface area contributed by atoms with Gasteiger partial charge in [-0.3, -0.25) is 9.59 Å². The molecule has 5 rings (SSSR count). The maximum absolute atomic E-state index is 13.1. The smallest absolute Gasteiger partial charge is 0.337 e. The Kier molecular flexibility index (Phi) is 5.31. The molecule has 1 amide bonds. The van der Waals surface area contributed by atoms with Crippen LogP contribution in [-0.2, 0) is 4.79 Å². The van der Waals surface area contributed by atoms with E-state index in [1.165, 1.54) is 0 Å². The summed E-state index contributed by atoms with van der Waals surface area (Å²) in [6.07, 6.45) is 2.18. The molecule has 0 saturated carbocycles. The Labute approximate surface area is 196 Å². The molecule has 1 aromatic heterocycles. The topological polar surface area (TPSA) is 112 Å². The lowest BCUT2D eigenvalue weighted by Gasteiger charge is -2.47. The van der Waals surface area contributed by atoms with Crippen molar-refractivity contribution in [2.24, 2.45) is 0 Å². The van der Waals surface area contributed by atoms with Crippen LogP contribution in [-0.4, -0.2) is 35.6 Å². The summed E-state index contributed by atoms with van der Waals surface area (Å²) < 4.78 is 6.33. The average Bonchev–Trinajstić information content (AvgIpc) is 2.79. The highest BCUT2D eigenvalue weighted by Crippen LogP contribution is 2.35. The molecule has 34 heavy (non-hydrogen) atoms. The third-order valence-corrected chi connectivity index (χ3v) is 6.92. The number of β-lactam (4-membered cyclic amide) rings is 1. The van der Waals surface area contributed by atoms with Gasteiger partial charge < -0.3 is 25.1 Å². The third-order valence-electron chi connectivity index (χ3n) is 6.92. The highest BCUT2D eigenvalue weighted by atomic mass is 16.4. The van der Waals surface area contributed by atoms with Crippen molar-refractivity contribution in [2.45, 2.75) is 44.7 Å². The fourth-order valence-corrected chi connectivity index (χ4v) is 5.05. The number of aryl methyl sites for hydroxylation is 1. The van der Waals surface area contributed by atoms with Crippen molar-refractivity contribution in [2.75, 3.05) is 23.3 Å². The zero-order valence-corrected chi connectivity index (χ0v) is 19.2. The van der Waals surface area contributed by atoms with E-state index < -0.39 is 5.97 Å². The molecule has 2 aliphatic heterocycles. The lowest BCUT2D eigenvalue weighted by atomic mass is 9.78. The van der Waals surface area contributed by atoms with Gasteiger partial charge in [-0.05, 0) is 50.5 Å². The third kappa shape index (κ3) is 3.89. The first kappa shape index (κ1) is 22.0. The van der Waals surface area contributed by atoms with Crippen LogP contribution in [0, 0.1) is 6.92 Å². The quantitative estimate of drug-likeness (QED) is 0.495. The van der Waals surface area contributed by atoms with Gasteiger partial charge in [0, 0.05) is 36.8 Å². The van der Waals surface area contributed by atoms with E-state index in [0.717, 1.165) is 24.0 Å². The average molecular weight is 462 g/mol. The summed E-state index contributed by atoms with van der Waals surface area (Å²) in [6.45, 7) is 5.22. The maximum atomic E-state index is 13.1. The molecule has 2 saturated heterocycles. The Morgan fingerprint density at radius 2 is 1.88 bits per heavy atom. The Morgan fingerprint density at radius 3 is 2.56 bits per heavy atom. The van der Waals surface area contributed by atoms with Gasteiger partial charge in [-0.15, -0.1) is 0 Å². The molecule has 3 N–H and O–H groups in total. The van der Waals surface area contributed by atoms with Gasteiger partial charge in [0.25, 0.3) is 0 Å². The number of carboxylic acids is 1. The van der Waals surface area contributed by atoms with Crippen LogP contribution in [0.5, 0.6) is 0 Å². The van der Waals surface area contributed by atoms with Crippen LogP contribution in [0.2, 0.25) is 0 Å². The Morgan fingerprint density at radius 1 is 1.18 bits per heavy atom. The van der Waals surface area contributed by atoms with Crippen LogP contribution >= 0.6 is 0 Å². The number of anilines is 2. The van der Waals surface area contributed by atoms with Crippen LogP contribution in [0.4, 0.5) is 11.6 Å². The molecule has 0 radical (unpaired) electrons. The number of benzene rings is 2. The SMILES string of the molecule is Cc1cc(C(C)Nc2ccccc2C(=O)O)c2oc(N3CCC4(CC3)CC(=O)N4)cc(=O)c2c1. The molecule has 3 heterocycles. The minimum absolute atomic E-state index is 0.0941. The fraction of sp³-hybridized carbons (Fsp3) is 0.346. The Hall–Kier alpha value is -3.81. The molecule has 176 valence electrons. The number of fused-ring (bicyclic) bond motifs is 1. The van der Waals surface area contributed by atoms with Gasteiger partial charge in [-0.1, -0.05) is 18.2 Å². The van der Waals surface area contributed by atoms with Gasteiger partial charge in [-0.2, -0.15) is 0 Å². The number of hydrogen-bond acceptors (Lipinski definition) is 6. The molecule has 8 heteroatoms. The number of amides is 1. The van der Waals surface area contributed by atoms with Gasteiger partial charge in [-0.25, -0.2) is 4.79 Å². The summed E-state index contributed by atoms with van der Waals surface area (Å²) >= 11 is 0. The number of piperidine rings is 1. The lowest BCUT2D eigenvalue weighted by molar-refractivity contribution is -0.133. The second-order valence-electron chi connectivity index (χ2n) is 9.39. The standard InChI is InChI=1S/C26H27N3O5/c1-15-11-18(16(2)27-20-6-4-3-5-17(20)25(32)33)24-19(12-15)21(30)13-23(34-24)29-9-7-26(8-10-29)14-22(31)28-26/h3-6,11-13,16,27H,7-10,14H2,1-2H3,(H,28,31)(H,32,33). The number of carbonyl (C=O) groups is 2. The van der Waals surface area contributed by atoms with Crippen molar-refractivity contribution < 1.29 is 19.1 Å². The first-order valence-electron chi connectivity index (χ1n) is 11.5. The summed E-state index contributed by atoms with van der Waals surface area (Å²) in [5.74, 6) is -0.401. The number of nitrogens with zero attached hydrogens (tertiary/aromatic N) is 1. The van der Waals surface area contributed by atoms with Crippen molar-refractivity contribution in [3.05, 3.63) is 69.4 Å². The Bertz CT molecular complexity index is 1340. The largest absolute Gasteiger partial charge is 0.478 e. The van der Waals surface area contributed by atoms with Crippen molar-refractivity contribution in [3.63, 3.8) is 0 Å². The zero-order chi connectivity index (χ0) is 24.0. The normalized spacial score (nSPS) is 17.8. The molecule has 1 spiro atoms. The molecule has 0 bridgehead atoms. The van der Waals surface area contributed by atoms with Crippen LogP contribution < -0.4 is 21.0 Å². The predicted octanol–water partition coefficient (Wildman–Crippen LogP) is 3.83. The number of aromatic carboxylic acids is 1. The Balaban J connectivity index is 1.49. The number of nitrogens with one attached hydrogen (secondary N) is 2. The van der Waals surface area contributed by atoms with E-state index in [9.17, 15) is 19.5 Å². The molecular formula is C26H27N3O5. The van der Waals surface area contributed by atoms with Crippen molar-refractivity contribution in [1.29, 1.82) is 0 Å². The number of hydrogen-bond donors (Lipinski definition) is 3. The minimum Gasteiger partial charge on any atom is -0.478 e. The second-order valence-corrected chi connectivity index (χ2v) is 9.39. The van der Waals surface area contributed by atoms with Crippen molar-refractivity contribution >= 4 is 34.4 Å². The van der Waals surface area contributed by atoms with E-state index in [2.05, 4.69) is 15.5 Å². The zero-order valence-electron chi connectivity index (χ0n) is 19.2. The van der Waals surface area contributed by atoms with Gasteiger partial charge in [0.15, 0.2) is 11.3 Å². The summed E-state index contributed by atoms with van der Waals surface area (Å²) in [5, 5.41) is 16.3. The molecule has 0 aliphatic carbocycles. The van der Waals surface area contributed by atoms with E-state index in [1.807, 2.05) is 26.0 Å². The summed E-state index contributed by atoms with van der Waals surface area (Å²) in [7, 11) is 0. The first-order chi connectivity index (χ1) is 16.2. The van der Waals surface area contributed by atoms with E-state index in [-0.39, 0.29) is 28.5 Å². The summed E-state index contributed by atoms with van der Waals surface area (Å²) in [4.78, 5) is 38.2. The van der Waals surface area contributed by atoms with Gasteiger partial charge in [0.1, 0.15) is 5.58 Å². The number of carboxylic acid groups (broad SMARTS) is 1. The molecular weight excluding hydrogens is 434 g/mol. The van der Waals surface area contributed by atoms with Gasteiger partial charge >= 0.3 is 5.97 Å². The van der Waals surface area contributed by atoms with Crippen LogP contribution in [0.1, 0.15) is 53.7 Å². The van der Waals surface area contributed by atoms with E-state index >= 15 is 0 Å². The summed E-state index contributed by atoms with van der Waals surface area (Å²) in [6, 6.07) is 11.8. The number of rotatable bonds is 5. The molecule has 2 aromatic carbocycles. The minimum atomic E-state index is -1.01. The van der Waals surface area contributed by atoms with Crippen LogP contribution in [0.25, 0.3) is 11.0 Å². The van der Waals surface area contributed by atoms with E-state index in [1.54, 1.807) is 30.3 Å². The van der Waals surface area contributed by atoms with E-state index in [4.69, 9.17) is 4.42 Å². The highest BCUT2D eigenvalue weighted by molar-refractivity contribution is 5.94. The van der Waals surface area contributed by atoms with Crippen LogP contribution in [0.3, 0.4) is 0 Å². The number of para-hydroxylation sites is 1. The molecule has 1 atom stereocenters. The predicted molar refractivity (Wildman–Crippen MR) is 130 cm³/mol. The van der Waals surface area contributed by atoms with Crippen LogP contribution in [0.15, 0.2) is 51.7 Å². The lowest BCUT2D eigenvalue weighted by Crippen LogP contribution is -2.65. The molecule has 2 aliphatic rings. The molecule has 8 nitrogen and oxygen atoms in total. The van der Waals surface area contributed by atoms with Gasteiger partial charge in [0.2, 0.25) is 5.91 Å². The monoisotopic (exact) mass is 461 g/mol. The molecule has 2 fully saturated rings. The maximum Gasteiger partial charge on any atom is 0.337 e. The first-order valence-corrected chi connectivity index (χ1v) is 11.5. The van der Waals surface area contributed by atoms with Crippen molar-refractivity contribution in [3.8, 4) is 0 Å². The summed E-state index contributed by atoms with van der Waals surface area (Å²) in [5.41, 5.74) is 2.66. The van der Waals surface area contributed by atoms with E-state index in [0.29, 0.717) is 42.1 Å².